The first kappa shape index (κ1) is 32.0. The van der Waals surface area contributed by atoms with Crippen LogP contribution in [-0.4, -0.2) is 40.3 Å². The van der Waals surface area contributed by atoms with Gasteiger partial charge in [-0.2, -0.15) is 0 Å². The van der Waals surface area contributed by atoms with E-state index in [0.29, 0.717) is 35.5 Å². The maximum atomic E-state index is 14.6. The quantitative estimate of drug-likeness (QED) is 0.351. The highest BCUT2D eigenvalue weighted by Crippen LogP contribution is 2.69. The van der Waals surface area contributed by atoms with E-state index in [1.807, 2.05) is 6.92 Å². The Hall–Kier alpha value is -3.20. The van der Waals surface area contributed by atoms with Crippen LogP contribution in [0.2, 0.25) is 0 Å². The molecule has 6 aliphatic carbocycles. The molecule has 0 amide bonds. The first-order valence-corrected chi connectivity index (χ1v) is 18.1. The summed E-state index contributed by atoms with van der Waals surface area (Å²) in [6.07, 6.45) is 9.78. The summed E-state index contributed by atoms with van der Waals surface area (Å²) in [6.45, 7) is 10.2. The van der Waals surface area contributed by atoms with E-state index >= 15 is 0 Å². The molecule has 1 N–H and O–H groups in total. The zero-order valence-electron chi connectivity index (χ0n) is 28.8. The molecule has 2 aromatic heterocycles. The van der Waals surface area contributed by atoms with E-state index in [2.05, 4.69) is 25.8 Å². The van der Waals surface area contributed by atoms with E-state index in [4.69, 9.17) is 18.6 Å². The number of aliphatic hydroxyl groups is 1. The molecule has 3 heterocycles. The van der Waals surface area contributed by atoms with Crippen LogP contribution in [0, 0.1) is 51.8 Å². The average Bonchev–Trinajstić information content (AvgIpc) is 3.02. The van der Waals surface area contributed by atoms with Gasteiger partial charge < -0.3 is 23.7 Å². The Morgan fingerprint density at radius 2 is 1.75 bits per heavy atom. The number of pyridine rings is 1. The first-order chi connectivity index (χ1) is 22.8. The van der Waals surface area contributed by atoms with Crippen LogP contribution in [0.4, 0.5) is 0 Å². The predicted octanol–water partition coefficient (Wildman–Crippen LogP) is 6.66. The van der Waals surface area contributed by atoms with Gasteiger partial charge in [0.2, 0.25) is 0 Å². The van der Waals surface area contributed by atoms with Crippen molar-refractivity contribution < 1.29 is 33.3 Å². The molecule has 0 radical (unpaired) electrons. The Morgan fingerprint density at radius 1 is 1.06 bits per heavy atom. The second-order valence-corrected chi connectivity index (χ2v) is 17.2. The number of hydrogen-bond donors (Lipinski definition) is 1. The Morgan fingerprint density at radius 3 is 2.38 bits per heavy atom. The fourth-order valence-electron chi connectivity index (χ4n) is 12.3. The summed E-state index contributed by atoms with van der Waals surface area (Å²) in [4.78, 5) is 44.6. The van der Waals surface area contributed by atoms with Crippen molar-refractivity contribution in [3.63, 3.8) is 0 Å². The summed E-state index contributed by atoms with van der Waals surface area (Å²) in [5.74, 6) is 1.34. The summed E-state index contributed by atoms with van der Waals surface area (Å²) in [5, 5.41) is 12.4. The summed E-state index contributed by atoms with van der Waals surface area (Å²) < 4.78 is 25.3. The maximum absolute atomic E-state index is 14.6. The van der Waals surface area contributed by atoms with Crippen molar-refractivity contribution in [3.8, 4) is 17.1 Å². The molecule has 9 heteroatoms. The monoisotopic (exact) mass is 659 g/mol. The summed E-state index contributed by atoms with van der Waals surface area (Å²) in [5.41, 5.74) is -2.55. The van der Waals surface area contributed by atoms with Crippen LogP contribution in [0.1, 0.15) is 104 Å². The Balaban J connectivity index is 1.23. The summed E-state index contributed by atoms with van der Waals surface area (Å²) >= 11 is 0. The van der Waals surface area contributed by atoms with Crippen LogP contribution in [-0.2, 0) is 19.1 Å². The van der Waals surface area contributed by atoms with E-state index in [1.165, 1.54) is 26.2 Å². The highest BCUT2D eigenvalue weighted by molar-refractivity contribution is 5.78. The number of aliphatic hydroxyl groups excluding tert-OH is 1. The number of aromatic nitrogens is 1. The second-order valence-electron chi connectivity index (χ2n) is 17.2. The van der Waals surface area contributed by atoms with Gasteiger partial charge in [-0.15, -0.1) is 0 Å². The van der Waals surface area contributed by atoms with Gasteiger partial charge >= 0.3 is 17.6 Å². The van der Waals surface area contributed by atoms with E-state index in [0.717, 1.165) is 32.1 Å². The molecule has 0 spiro atoms. The van der Waals surface area contributed by atoms with Gasteiger partial charge in [0, 0.05) is 42.3 Å². The van der Waals surface area contributed by atoms with Gasteiger partial charge in [0.05, 0.1) is 18.1 Å². The van der Waals surface area contributed by atoms with Crippen LogP contribution in [0.25, 0.3) is 11.3 Å². The van der Waals surface area contributed by atoms with E-state index in [1.54, 1.807) is 30.6 Å². The SMILES string of the molecule is CC(=O)OCC1(C)C2C[C@H](OC(=O)C34CC5CC(CC(C5)C3)C4)[C@@]3(C)Oc4cc(-c5cccnc5)oc(=O)c4[C@H](O)C3[C@@]2(C)CC[C@@H]1C. The minimum absolute atomic E-state index is 0.0955. The molecule has 1 aliphatic heterocycles. The first-order valence-electron chi connectivity index (χ1n) is 18.1. The Labute approximate surface area is 282 Å². The Bertz CT molecular complexity index is 1650. The molecule has 2 aromatic rings. The lowest BCUT2D eigenvalue weighted by Crippen LogP contribution is -2.71. The van der Waals surface area contributed by atoms with Crippen LogP contribution in [0.3, 0.4) is 0 Å². The number of carbonyl (C=O) groups excluding carboxylic acids is 2. The lowest BCUT2D eigenvalue weighted by Gasteiger charge is -2.67. The van der Waals surface area contributed by atoms with E-state index in [9.17, 15) is 19.5 Å². The third-order valence-electron chi connectivity index (χ3n) is 14.4. The predicted molar refractivity (Wildman–Crippen MR) is 176 cm³/mol. The minimum Gasteiger partial charge on any atom is -0.482 e. The number of rotatable bonds is 5. The zero-order chi connectivity index (χ0) is 33.8. The third-order valence-corrected chi connectivity index (χ3v) is 14.4. The number of nitrogens with zero attached hydrogens (tertiary/aromatic N) is 1. The smallest absolute Gasteiger partial charge is 0.345 e. The largest absolute Gasteiger partial charge is 0.482 e. The average molecular weight is 660 g/mol. The van der Waals surface area contributed by atoms with Crippen molar-refractivity contribution in [1.82, 2.24) is 4.98 Å². The van der Waals surface area contributed by atoms with Crippen LogP contribution < -0.4 is 10.4 Å². The Kier molecular flexibility index (Phi) is 7.27. The second kappa shape index (κ2) is 10.9. The molecule has 48 heavy (non-hydrogen) atoms. The van der Waals surface area contributed by atoms with E-state index < -0.39 is 45.6 Å². The molecule has 258 valence electrons. The van der Waals surface area contributed by atoms with Gasteiger partial charge in [-0.25, -0.2) is 4.79 Å². The third kappa shape index (κ3) is 4.65. The maximum Gasteiger partial charge on any atom is 0.345 e. The van der Waals surface area contributed by atoms with Crippen molar-refractivity contribution in [1.29, 1.82) is 0 Å². The van der Waals surface area contributed by atoms with Gasteiger partial charge in [0.25, 0.3) is 0 Å². The van der Waals surface area contributed by atoms with Gasteiger partial charge in [-0.1, -0.05) is 20.8 Å². The number of hydrogen-bond acceptors (Lipinski definition) is 9. The molecular weight excluding hydrogens is 610 g/mol. The molecular formula is C39H49NO8. The molecule has 0 aromatic carbocycles. The van der Waals surface area contributed by atoms with Crippen molar-refractivity contribution in [3.05, 3.63) is 46.6 Å². The van der Waals surface area contributed by atoms with Crippen molar-refractivity contribution in [2.45, 2.75) is 110 Å². The molecule has 3 unspecified atom stereocenters. The van der Waals surface area contributed by atoms with Gasteiger partial charge in [-0.05, 0) is 112 Å². The van der Waals surface area contributed by atoms with Gasteiger partial charge in [-0.3, -0.25) is 14.6 Å². The zero-order valence-corrected chi connectivity index (χ0v) is 28.8. The van der Waals surface area contributed by atoms with Crippen LogP contribution >= 0.6 is 0 Å². The highest BCUT2D eigenvalue weighted by atomic mass is 16.6. The number of esters is 2. The normalized spacial score (nSPS) is 43.7. The van der Waals surface area contributed by atoms with Crippen molar-refractivity contribution in [2.24, 2.45) is 51.8 Å². The molecule has 6 saturated carbocycles. The summed E-state index contributed by atoms with van der Waals surface area (Å²) in [6, 6.07) is 5.23. The van der Waals surface area contributed by atoms with Gasteiger partial charge in [0.15, 0.2) is 0 Å². The lowest BCUT2D eigenvalue weighted by molar-refractivity contribution is -0.267. The number of carbonyl (C=O) groups is 2. The number of fused-ring (bicyclic) bond motifs is 4. The van der Waals surface area contributed by atoms with Crippen molar-refractivity contribution in [2.75, 3.05) is 6.61 Å². The fourth-order valence-corrected chi connectivity index (χ4v) is 12.3. The minimum atomic E-state index is -1.22. The van der Waals surface area contributed by atoms with Crippen LogP contribution in [0.15, 0.2) is 39.8 Å². The van der Waals surface area contributed by atoms with Crippen molar-refractivity contribution >= 4 is 11.9 Å². The molecule has 6 fully saturated rings. The molecule has 9 nitrogen and oxygen atoms in total. The topological polar surface area (TPSA) is 125 Å². The molecule has 4 bridgehead atoms. The number of ether oxygens (including phenoxy) is 3. The van der Waals surface area contributed by atoms with Crippen LogP contribution in [0.5, 0.6) is 5.75 Å². The highest BCUT2D eigenvalue weighted by Gasteiger charge is 2.70. The van der Waals surface area contributed by atoms with Gasteiger partial charge in [0.1, 0.15) is 28.8 Å². The fraction of sp³-hybridized carbons (Fsp3) is 0.692. The molecule has 8 atom stereocenters. The molecule has 7 aliphatic rings. The standard InChI is InChI=1S/C39H49NO8/c1-21-8-9-36(3)29(37(21,4)20-45-22(2)41)15-30(47-35(44)39-16-23-11-24(17-39)13-25(12-23)18-39)38(5)33(36)32(42)31-28(48-38)14-27(46-34(31)43)26-7-6-10-40-19-26/h6-7,10,14,19,21,23-25,29-30,32-33,42H,8-9,11-13,15-18,20H2,1-5H3/t21-,23?,24?,25?,29?,30-,32-,33?,36-,37?,38+,39?/m0/s1. The lowest BCUT2D eigenvalue weighted by atomic mass is 9.41. The van der Waals surface area contributed by atoms with E-state index in [-0.39, 0.29) is 41.7 Å². The molecule has 0 saturated heterocycles. The summed E-state index contributed by atoms with van der Waals surface area (Å²) in [7, 11) is 0. The molecule has 9 rings (SSSR count).